The number of para-hydroxylation sites is 2. The molecule has 7 nitrogen and oxygen atoms in total. The van der Waals surface area contributed by atoms with Crippen LogP contribution in [0.25, 0.3) is 127 Å². The predicted octanol–water partition coefficient (Wildman–Crippen LogP) is 14.6. The van der Waals surface area contributed by atoms with Crippen molar-refractivity contribution in [1.82, 2.24) is 29.5 Å². The van der Waals surface area contributed by atoms with E-state index >= 15 is 0 Å². The van der Waals surface area contributed by atoms with Crippen LogP contribution in [0.2, 0.25) is 0 Å². The maximum Gasteiger partial charge on any atom is 0.164 e. The van der Waals surface area contributed by atoms with Gasteiger partial charge in [-0.3, -0.25) is 0 Å². The van der Waals surface area contributed by atoms with Crippen LogP contribution in [0.1, 0.15) is 12.8 Å². The van der Waals surface area contributed by atoms with Gasteiger partial charge in [0.15, 0.2) is 23.3 Å². The van der Waals surface area contributed by atoms with Gasteiger partial charge >= 0.3 is 0 Å². The van der Waals surface area contributed by atoms with Crippen LogP contribution in [-0.4, -0.2) is 29.5 Å². The van der Waals surface area contributed by atoms with Crippen molar-refractivity contribution in [2.24, 2.45) is 0 Å². The van der Waals surface area contributed by atoms with Gasteiger partial charge in [0, 0.05) is 65.1 Å². The van der Waals surface area contributed by atoms with Gasteiger partial charge < -0.3 is 8.98 Å². The van der Waals surface area contributed by atoms with E-state index in [0.29, 0.717) is 23.3 Å². The van der Waals surface area contributed by atoms with Crippen LogP contribution >= 0.6 is 11.3 Å². The predicted molar refractivity (Wildman–Crippen MR) is 258 cm³/mol. The van der Waals surface area contributed by atoms with Crippen LogP contribution in [0.3, 0.4) is 0 Å². The van der Waals surface area contributed by atoms with Gasteiger partial charge in [-0.2, -0.15) is 0 Å². The van der Waals surface area contributed by atoms with Crippen LogP contribution in [-0.2, 0) is 0 Å². The first kappa shape index (κ1) is 35.7. The van der Waals surface area contributed by atoms with Crippen LogP contribution < -0.4 is 0 Å². The molecule has 5 heterocycles. The van der Waals surface area contributed by atoms with E-state index in [2.05, 4.69) is 114 Å². The van der Waals surface area contributed by atoms with Crippen molar-refractivity contribution in [3.8, 4) is 56.8 Å². The summed E-state index contributed by atoms with van der Waals surface area (Å²) < 4.78 is 11.5. The lowest BCUT2D eigenvalue weighted by Crippen LogP contribution is -2.00. The molecule has 0 saturated carbocycles. The lowest BCUT2D eigenvalue weighted by atomic mass is 10.0. The summed E-state index contributed by atoms with van der Waals surface area (Å²) in [6.45, 7) is 0. The van der Waals surface area contributed by atoms with E-state index in [4.69, 9.17) is 29.3 Å². The van der Waals surface area contributed by atoms with Crippen LogP contribution in [0.15, 0.2) is 186 Å². The highest BCUT2D eigenvalue weighted by Gasteiger charge is 2.24. The number of rotatable bonds is 6. The first-order valence-electron chi connectivity index (χ1n) is 21.2. The van der Waals surface area contributed by atoms with Crippen molar-refractivity contribution in [3.63, 3.8) is 0 Å². The summed E-state index contributed by atoms with van der Waals surface area (Å²) in [5.41, 5.74) is 11.3. The molecule has 63 heavy (non-hydrogen) atoms. The summed E-state index contributed by atoms with van der Waals surface area (Å²) in [4.78, 5) is 26.0. The largest absolute Gasteiger partial charge is 0.455 e. The van der Waals surface area contributed by atoms with Crippen molar-refractivity contribution in [1.29, 1.82) is 0 Å². The highest BCUT2D eigenvalue weighted by Crippen LogP contribution is 2.45. The zero-order chi connectivity index (χ0) is 41.4. The molecule has 0 atom stereocenters. The first-order valence-corrected chi connectivity index (χ1v) is 22.0. The smallest absolute Gasteiger partial charge is 0.164 e. The Morgan fingerprint density at radius 3 is 1.95 bits per heavy atom. The topological polar surface area (TPSA) is 82.5 Å². The van der Waals surface area contributed by atoms with Gasteiger partial charge in [0.05, 0.1) is 26.9 Å². The van der Waals surface area contributed by atoms with Gasteiger partial charge in [0.25, 0.3) is 0 Å². The molecule has 12 aromatic rings. The summed E-state index contributed by atoms with van der Waals surface area (Å²) in [7, 11) is 0. The Kier molecular flexibility index (Phi) is 8.07. The second kappa shape index (κ2) is 14.3. The van der Waals surface area contributed by atoms with E-state index in [1.807, 2.05) is 72.8 Å². The first-order chi connectivity index (χ1) is 31.2. The zero-order valence-corrected chi connectivity index (χ0v) is 34.6. The lowest BCUT2D eigenvalue weighted by molar-refractivity contribution is 0.670. The van der Waals surface area contributed by atoms with Crippen molar-refractivity contribution in [2.45, 2.75) is 12.8 Å². The molecule has 13 rings (SSSR count). The van der Waals surface area contributed by atoms with Gasteiger partial charge in [-0.15, -0.1) is 11.3 Å². The zero-order valence-electron chi connectivity index (χ0n) is 33.7. The Morgan fingerprint density at radius 2 is 1.16 bits per heavy atom. The Labute approximate surface area is 365 Å². The molecular weight excluding hydrogens is 793 g/mol. The van der Waals surface area contributed by atoms with Crippen molar-refractivity contribution < 1.29 is 4.42 Å². The van der Waals surface area contributed by atoms with Crippen LogP contribution in [0.5, 0.6) is 0 Å². The minimum absolute atomic E-state index is 0.574. The van der Waals surface area contributed by atoms with Crippen molar-refractivity contribution in [2.75, 3.05) is 0 Å². The molecule has 8 heteroatoms. The van der Waals surface area contributed by atoms with E-state index in [-0.39, 0.29) is 0 Å². The number of allylic oxidation sites excluding steroid dienone is 4. The molecule has 1 aliphatic carbocycles. The number of thiophene rings is 1. The van der Waals surface area contributed by atoms with Gasteiger partial charge in [-0.05, 0) is 49.2 Å². The van der Waals surface area contributed by atoms with Crippen LogP contribution in [0, 0.1) is 0 Å². The fourth-order valence-corrected chi connectivity index (χ4v) is 10.4. The number of nitrogens with zero attached hydrogens (tertiary/aromatic N) is 6. The highest BCUT2D eigenvalue weighted by molar-refractivity contribution is 7.26. The molecule has 1 aliphatic rings. The molecule has 5 aromatic heterocycles. The molecule has 0 saturated heterocycles. The molecule has 0 amide bonds. The third-order valence-corrected chi connectivity index (χ3v) is 13.3. The van der Waals surface area contributed by atoms with E-state index in [1.165, 1.54) is 22.0 Å². The van der Waals surface area contributed by atoms with Gasteiger partial charge in [-0.1, -0.05) is 146 Å². The number of benzene rings is 7. The van der Waals surface area contributed by atoms with Gasteiger partial charge in [0.2, 0.25) is 0 Å². The third-order valence-electron chi connectivity index (χ3n) is 12.1. The molecule has 0 spiro atoms. The Morgan fingerprint density at radius 1 is 0.492 bits per heavy atom. The summed E-state index contributed by atoms with van der Waals surface area (Å²) in [5.74, 6) is 2.45. The average molecular weight is 827 g/mol. The number of hydrogen-bond acceptors (Lipinski definition) is 7. The lowest BCUT2D eigenvalue weighted by Gasteiger charge is -2.13. The van der Waals surface area contributed by atoms with E-state index < -0.39 is 0 Å². The normalized spacial score (nSPS) is 13.0. The van der Waals surface area contributed by atoms with E-state index in [9.17, 15) is 0 Å². The maximum absolute atomic E-state index is 6.93. The summed E-state index contributed by atoms with van der Waals surface area (Å²) in [5, 5.41) is 5.41. The Balaban J connectivity index is 1.04. The third kappa shape index (κ3) is 5.76. The molecule has 7 aromatic carbocycles. The molecule has 0 aliphatic heterocycles. The summed E-state index contributed by atoms with van der Waals surface area (Å²) in [6.07, 6.45) is 8.91. The summed E-state index contributed by atoms with van der Waals surface area (Å²) in [6, 6.07) is 56.4. The fraction of sp³-hybridized carbons (Fsp3) is 0.0364. The molecule has 0 fully saturated rings. The molecule has 0 unspecified atom stereocenters. The summed E-state index contributed by atoms with van der Waals surface area (Å²) >= 11 is 1.72. The highest BCUT2D eigenvalue weighted by atomic mass is 32.1. The SMILES string of the molecule is C1=CC(n2c3ccccc3c3ccc(-c4nc(-c5cccc6c5oc5cccc(-c7nc(-c8ccccc8)nc(-c8ccccc8)n7)c56)c5sc6ccccc6c5n4)cc32)=CCC1. The standard InChI is InChI=1S/C55H34N6OS/c1-4-16-33(17-5-1)52-58-53(34-18-6-2-7-19-34)60-55(59-52)41-25-15-28-45-47(41)40-24-14-26-42(50(40)62-45)49-51-48(39-23-11-13-29-46(39)63-51)56-54(57-49)35-30-31-38-37-22-10-12-27-43(37)61(44(38)32-35)36-20-8-3-9-21-36/h1-2,4-8,10-32H,3,9H2. The number of hydrogen-bond donors (Lipinski definition) is 0. The van der Waals surface area contributed by atoms with Crippen molar-refractivity contribution in [3.05, 3.63) is 182 Å². The second-order valence-electron chi connectivity index (χ2n) is 15.9. The van der Waals surface area contributed by atoms with E-state index in [0.717, 1.165) is 94.1 Å². The van der Waals surface area contributed by atoms with Gasteiger partial charge in [0.1, 0.15) is 11.2 Å². The quantitative estimate of drug-likeness (QED) is 0.166. The Bertz CT molecular complexity index is 3800. The average Bonchev–Trinajstić information content (AvgIpc) is 4.04. The van der Waals surface area contributed by atoms with E-state index in [1.54, 1.807) is 11.3 Å². The molecule has 296 valence electrons. The minimum atomic E-state index is 0.574. The minimum Gasteiger partial charge on any atom is -0.455 e. The monoisotopic (exact) mass is 826 g/mol. The molecule has 0 N–H and O–H groups in total. The number of fused-ring (bicyclic) bond motifs is 9. The second-order valence-corrected chi connectivity index (χ2v) is 16.9. The van der Waals surface area contributed by atoms with Gasteiger partial charge in [-0.25, -0.2) is 24.9 Å². The molecule has 0 bridgehead atoms. The molecule has 0 radical (unpaired) electrons. The fourth-order valence-electron chi connectivity index (χ4n) is 9.21. The number of aromatic nitrogens is 6. The molecular formula is C55H34N6OS. The maximum atomic E-state index is 6.93. The van der Waals surface area contributed by atoms with Crippen LogP contribution in [0.4, 0.5) is 0 Å². The van der Waals surface area contributed by atoms with Crippen molar-refractivity contribution >= 4 is 81.1 Å². The number of furan rings is 1. The Hall–Kier alpha value is -8.07.